The Morgan fingerprint density at radius 2 is 2.10 bits per heavy atom. The molecule has 0 fully saturated rings. The van der Waals surface area contributed by atoms with Gasteiger partial charge in [-0.25, -0.2) is 4.98 Å². The van der Waals surface area contributed by atoms with Gasteiger partial charge in [-0.05, 0) is 18.2 Å². The van der Waals surface area contributed by atoms with E-state index < -0.39 is 4.92 Å². The van der Waals surface area contributed by atoms with E-state index in [2.05, 4.69) is 20.9 Å². The van der Waals surface area contributed by atoms with E-state index in [9.17, 15) is 10.1 Å². The minimum atomic E-state index is -0.512. The molecule has 2 aromatic rings. The fourth-order valence-corrected chi connectivity index (χ4v) is 2.22. The number of hydrogen-bond acceptors (Lipinski definition) is 4. The van der Waals surface area contributed by atoms with Crippen molar-refractivity contribution in [3.05, 3.63) is 60.8 Å². The molecule has 1 aromatic carbocycles. The number of aromatic nitrogens is 1. The Kier molecular flexibility index (Phi) is 4.80. The molecule has 0 bridgehead atoms. The van der Waals surface area contributed by atoms with Crippen LogP contribution in [0.2, 0.25) is 10.2 Å². The molecule has 5 nitrogen and oxygen atoms in total. The van der Waals surface area contributed by atoms with Gasteiger partial charge in [0.2, 0.25) is 0 Å². The zero-order valence-electron chi connectivity index (χ0n) is 9.85. The highest BCUT2D eigenvalue weighted by Gasteiger charge is 2.16. The summed E-state index contributed by atoms with van der Waals surface area (Å²) in [5.74, 6) is 0.157. The van der Waals surface area contributed by atoms with Gasteiger partial charge in [0.25, 0.3) is 0 Å². The topological polar surface area (TPSA) is 65.3 Å². The summed E-state index contributed by atoms with van der Waals surface area (Å²) in [6, 6.07) is 6.03. The Bertz CT molecular complexity index is 667. The number of ether oxygens (including phenoxy) is 1. The summed E-state index contributed by atoms with van der Waals surface area (Å²) in [7, 11) is 0. The van der Waals surface area contributed by atoms with E-state index in [0.717, 1.165) is 0 Å². The third-order valence-electron chi connectivity index (χ3n) is 2.40. The van der Waals surface area contributed by atoms with E-state index in [0.29, 0.717) is 15.1 Å². The summed E-state index contributed by atoms with van der Waals surface area (Å²) in [6.45, 7) is 0.0610. The summed E-state index contributed by atoms with van der Waals surface area (Å²) in [4.78, 5) is 14.3. The van der Waals surface area contributed by atoms with Crippen molar-refractivity contribution in [2.75, 3.05) is 0 Å². The third kappa shape index (κ3) is 3.59. The van der Waals surface area contributed by atoms with Crippen LogP contribution in [-0.2, 0) is 6.61 Å². The second-order valence-corrected chi connectivity index (χ2v) is 5.47. The molecule has 0 aliphatic rings. The maximum absolute atomic E-state index is 10.9. The van der Waals surface area contributed by atoms with Crippen LogP contribution in [0.15, 0.2) is 34.9 Å². The highest BCUT2D eigenvalue weighted by Crippen LogP contribution is 2.31. The molecule has 8 heteroatoms. The first-order chi connectivity index (χ1) is 9.47. The van der Waals surface area contributed by atoms with Crippen LogP contribution >= 0.6 is 39.1 Å². The van der Waals surface area contributed by atoms with Crippen molar-refractivity contribution >= 4 is 44.8 Å². The third-order valence-corrected chi connectivity index (χ3v) is 3.45. The van der Waals surface area contributed by atoms with Crippen molar-refractivity contribution < 1.29 is 9.66 Å². The highest BCUT2D eigenvalue weighted by atomic mass is 79.9. The number of pyridine rings is 1. The van der Waals surface area contributed by atoms with Crippen LogP contribution in [0.4, 0.5) is 5.69 Å². The molecule has 0 saturated carbocycles. The molecule has 0 aliphatic heterocycles. The normalized spacial score (nSPS) is 10.3. The smallest absolute Gasteiger partial charge is 0.312 e. The Balaban J connectivity index is 2.20. The average molecular weight is 378 g/mol. The van der Waals surface area contributed by atoms with Crippen molar-refractivity contribution in [2.45, 2.75) is 6.61 Å². The number of nitro benzene ring substituents is 1. The van der Waals surface area contributed by atoms with E-state index >= 15 is 0 Å². The number of benzene rings is 1. The lowest BCUT2D eigenvalue weighted by atomic mass is 10.3. The molecule has 0 N–H and O–H groups in total. The van der Waals surface area contributed by atoms with Gasteiger partial charge in [-0.3, -0.25) is 10.1 Å². The van der Waals surface area contributed by atoms with Gasteiger partial charge in [0.05, 0.1) is 9.95 Å². The molecule has 2 rings (SSSR count). The highest BCUT2D eigenvalue weighted by molar-refractivity contribution is 9.10. The van der Waals surface area contributed by atoms with E-state index in [1.165, 1.54) is 24.4 Å². The average Bonchev–Trinajstić information content (AvgIpc) is 2.38. The molecule has 1 aromatic heterocycles. The maximum Gasteiger partial charge on any atom is 0.312 e. The molecule has 20 heavy (non-hydrogen) atoms. The van der Waals surface area contributed by atoms with Gasteiger partial charge in [0.15, 0.2) is 5.75 Å². The fraction of sp³-hybridized carbons (Fsp3) is 0.0833. The molecule has 0 atom stereocenters. The second-order valence-electron chi connectivity index (χ2n) is 3.76. The monoisotopic (exact) mass is 376 g/mol. The first-order valence-electron chi connectivity index (χ1n) is 5.34. The molecule has 0 aliphatic carbocycles. The second kappa shape index (κ2) is 6.39. The zero-order valence-corrected chi connectivity index (χ0v) is 12.9. The molecule has 0 spiro atoms. The lowest BCUT2D eigenvalue weighted by Gasteiger charge is -2.08. The SMILES string of the molecule is O=[N+]([O-])c1cc(Br)ccc1OCc1cnc(Cl)cc1Cl. The summed E-state index contributed by atoms with van der Waals surface area (Å²) in [6.07, 6.45) is 1.47. The molecule has 104 valence electrons. The van der Waals surface area contributed by atoms with Gasteiger partial charge in [0, 0.05) is 22.3 Å². The lowest BCUT2D eigenvalue weighted by Crippen LogP contribution is -2.00. The van der Waals surface area contributed by atoms with E-state index in [-0.39, 0.29) is 23.2 Å². The molecular weight excluding hydrogens is 371 g/mol. The van der Waals surface area contributed by atoms with Crippen molar-refractivity contribution in [2.24, 2.45) is 0 Å². The van der Waals surface area contributed by atoms with Crippen LogP contribution in [-0.4, -0.2) is 9.91 Å². The fourth-order valence-electron chi connectivity index (χ4n) is 1.45. The van der Waals surface area contributed by atoms with E-state index in [4.69, 9.17) is 27.9 Å². The van der Waals surface area contributed by atoms with Gasteiger partial charge in [-0.2, -0.15) is 0 Å². The van der Waals surface area contributed by atoms with Crippen LogP contribution in [0.3, 0.4) is 0 Å². The minimum Gasteiger partial charge on any atom is -0.482 e. The predicted octanol–water partition coefficient (Wildman–Crippen LogP) is 4.64. The first-order valence-corrected chi connectivity index (χ1v) is 6.89. The van der Waals surface area contributed by atoms with Gasteiger partial charge in [-0.1, -0.05) is 39.1 Å². The number of halogens is 3. The van der Waals surface area contributed by atoms with Gasteiger partial charge < -0.3 is 4.74 Å². The molecule has 0 amide bonds. The molecule has 0 unspecified atom stereocenters. The maximum atomic E-state index is 10.9. The number of rotatable bonds is 4. The van der Waals surface area contributed by atoms with Crippen LogP contribution in [0.5, 0.6) is 5.75 Å². The minimum absolute atomic E-state index is 0.0610. The first kappa shape index (κ1) is 15.0. The van der Waals surface area contributed by atoms with Crippen molar-refractivity contribution in [3.63, 3.8) is 0 Å². The van der Waals surface area contributed by atoms with Crippen LogP contribution < -0.4 is 4.74 Å². The summed E-state index contributed by atoms with van der Waals surface area (Å²) in [5.41, 5.74) is 0.464. The summed E-state index contributed by atoms with van der Waals surface area (Å²) < 4.78 is 6.03. The summed E-state index contributed by atoms with van der Waals surface area (Å²) >= 11 is 14.8. The van der Waals surface area contributed by atoms with Crippen molar-refractivity contribution in [1.29, 1.82) is 0 Å². The summed E-state index contributed by atoms with van der Waals surface area (Å²) in [5, 5.41) is 11.6. The van der Waals surface area contributed by atoms with E-state index in [1.807, 2.05) is 0 Å². The van der Waals surface area contributed by atoms with Crippen molar-refractivity contribution in [3.8, 4) is 5.75 Å². The van der Waals surface area contributed by atoms with Crippen LogP contribution in [0.1, 0.15) is 5.56 Å². The van der Waals surface area contributed by atoms with Gasteiger partial charge in [0.1, 0.15) is 11.8 Å². The van der Waals surface area contributed by atoms with Crippen molar-refractivity contribution in [1.82, 2.24) is 4.98 Å². The number of hydrogen-bond donors (Lipinski definition) is 0. The molecule has 0 radical (unpaired) electrons. The zero-order chi connectivity index (χ0) is 14.7. The predicted molar refractivity (Wildman–Crippen MR) is 79.4 cm³/mol. The van der Waals surface area contributed by atoms with E-state index in [1.54, 1.807) is 6.07 Å². The largest absolute Gasteiger partial charge is 0.482 e. The van der Waals surface area contributed by atoms with Crippen LogP contribution in [0.25, 0.3) is 0 Å². The Morgan fingerprint density at radius 3 is 2.75 bits per heavy atom. The van der Waals surface area contributed by atoms with Gasteiger partial charge >= 0.3 is 5.69 Å². The molecular formula is C12H7BrCl2N2O3. The quantitative estimate of drug-likeness (QED) is 0.442. The lowest BCUT2D eigenvalue weighted by molar-refractivity contribution is -0.386. The molecule has 0 saturated heterocycles. The van der Waals surface area contributed by atoms with Gasteiger partial charge in [-0.15, -0.1) is 0 Å². The Morgan fingerprint density at radius 1 is 1.35 bits per heavy atom. The number of nitro groups is 1. The standard InChI is InChI=1S/C12H7BrCl2N2O3/c13-8-1-2-11(10(3-8)17(18)19)20-6-7-5-16-12(15)4-9(7)14/h1-5H,6H2. The number of nitrogens with zero attached hydrogens (tertiary/aromatic N) is 2. The molecule has 1 heterocycles. The Labute approximate surface area is 132 Å². The Hall–Kier alpha value is -1.37. The van der Waals surface area contributed by atoms with Crippen LogP contribution in [0, 0.1) is 10.1 Å².